The highest BCUT2D eigenvalue weighted by atomic mass is 16.4. The predicted molar refractivity (Wildman–Crippen MR) is 57.7 cm³/mol. The Labute approximate surface area is 89.1 Å². The first-order valence-corrected chi connectivity index (χ1v) is 5.28. The molecular formula is C12H15NO2. The maximum absolute atomic E-state index is 10.7. The third-order valence-electron chi connectivity index (χ3n) is 2.86. The van der Waals surface area contributed by atoms with Crippen molar-refractivity contribution in [2.24, 2.45) is 0 Å². The molecule has 1 aliphatic rings. The quantitative estimate of drug-likeness (QED) is 0.785. The maximum atomic E-state index is 10.7. The number of nitrogens with one attached hydrogen (secondary N) is 1. The number of carbonyl (C=O) groups is 1. The van der Waals surface area contributed by atoms with Crippen LogP contribution in [0.4, 0.5) is 0 Å². The van der Waals surface area contributed by atoms with Gasteiger partial charge in [0.2, 0.25) is 0 Å². The Balaban J connectivity index is 1.90. The van der Waals surface area contributed by atoms with E-state index in [9.17, 15) is 4.79 Å². The van der Waals surface area contributed by atoms with Crippen molar-refractivity contribution in [3.05, 3.63) is 35.9 Å². The van der Waals surface area contributed by atoms with Gasteiger partial charge in [-0.3, -0.25) is 4.79 Å². The minimum Gasteiger partial charge on any atom is -0.480 e. The zero-order valence-corrected chi connectivity index (χ0v) is 8.52. The van der Waals surface area contributed by atoms with Crippen molar-refractivity contribution in [2.45, 2.75) is 31.3 Å². The number of hydrogen-bond donors (Lipinski definition) is 2. The van der Waals surface area contributed by atoms with Gasteiger partial charge in [0.05, 0.1) is 0 Å². The van der Waals surface area contributed by atoms with Gasteiger partial charge in [-0.2, -0.15) is 0 Å². The second-order valence-corrected chi connectivity index (χ2v) is 4.02. The van der Waals surface area contributed by atoms with Crippen molar-refractivity contribution >= 4 is 5.97 Å². The molecule has 80 valence electrons. The molecule has 0 amide bonds. The van der Waals surface area contributed by atoms with Crippen LogP contribution in [0.1, 0.15) is 18.4 Å². The highest BCUT2D eigenvalue weighted by molar-refractivity contribution is 5.73. The fourth-order valence-corrected chi connectivity index (χ4v) is 2.07. The summed E-state index contributed by atoms with van der Waals surface area (Å²) in [5.41, 5.74) is 1.26. The minimum atomic E-state index is -0.731. The average molecular weight is 205 g/mol. The van der Waals surface area contributed by atoms with Crippen molar-refractivity contribution < 1.29 is 9.90 Å². The van der Waals surface area contributed by atoms with Gasteiger partial charge in [-0.05, 0) is 24.8 Å². The van der Waals surface area contributed by atoms with E-state index in [4.69, 9.17) is 5.11 Å². The van der Waals surface area contributed by atoms with Crippen LogP contribution in [-0.4, -0.2) is 23.2 Å². The smallest absolute Gasteiger partial charge is 0.320 e. The first-order valence-electron chi connectivity index (χ1n) is 5.28. The van der Waals surface area contributed by atoms with Crippen molar-refractivity contribution in [2.75, 3.05) is 0 Å². The van der Waals surface area contributed by atoms with Crippen LogP contribution in [0.25, 0.3) is 0 Å². The summed E-state index contributed by atoms with van der Waals surface area (Å²) in [6, 6.07) is 10.1. The summed E-state index contributed by atoms with van der Waals surface area (Å²) < 4.78 is 0. The molecule has 15 heavy (non-hydrogen) atoms. The number of rotatable bonds is 3. The Hall–Kier alpha value is -1.35. The van der Waals surface area contributed by atoms with Crippen molar-refractivity contribution in [1.82, 2.24) is 5.32 Å². The number of aliphatic carboxylic acids is 1. The number of carboxylic acid groups (broad SMARTS) is 1. The molecule has 3 heteroatoms. The van der Waals surface area contributed by atoms with Gasteiger partial charge in [0.15, 0.2) is 0 Å². The summed E-state index contributed by atoms with van der Waals surface area (Å²) in [6.07, 6.45) is 2.61. The molecule has 2 atom stereocenters. The summed E-state index contributed by atoms with van der Waals surface area (Å²) in [5, 5.41) is 12.0. The van der Waals surface area contributed by atoms with E-state index in [1.165, 1.54) is 5.56 Å². The number of hydrogen-bond acceptors (Lipinski definition) is 2. The van der Waals surface area contributed by atoms with Gasteiger partial charge in [0.25, 0.3) is 0 Å². The lowest BCUT2D eigenvalue weighted by Crippen LogP contribution is -2.36. The van der Waals surface area contributed by atoms with Crippen LogP contribution < -0.4 is 5.32 Å². The van der Waals surface area contributed by atoms with E-state index in [0.29, 0.717) is 6.04 Å². The van der Waals surface area contributed by atoms with E-state index in [1.807, 2.05) is 18.2 Å². The van der Waals surface area contributed by atoms with E-state index < -0.39 is 5.97 Å². The lowest BCUT2D eigenvalue weighted by atomic mass is 10.0. The molecule has 0 aromatic heterocycles. The van der Waals surface area contributed by atoms with Crippen LogP contribution >= 0.6 is 0 Å². The molecule has 1 aromatic rings. The second-order valence-electron chi connectivity index (χ2n) is 4.02. The number of benzene rings is 1. The second kappa shape index (κ2) is 4.45. The normalized spacial score (nSPS) is 25.3. The topological polar surface area (TPSA) is 49.3 Å². The minimum absolute atomic E-state index is 0.313. The summed E-state index contributed by atoms with van der Waals surface area (Å²) in [7, 11) is 0. The fourth-order valence-electron chi connectivity index (χ4n) is 2.07. The average Bonchev–Trinajstić information content (AvgIpc) is 2.68. The van der Waals surface area contributed by atoms with E-state index >= 15 is 0 Å². The summed E-state index contributed by atoms with van der Waals surface area (Å²) in [4.78, 5) is 10.7. The molecule has 0 radical (unpaired) electrons. The van der Waals surface area contributed by atoms with Gasteiger partial charge in [-0.25, -0.2) is 0 Å². The molecule has 2 N–H and O–H groups in total. The van der Waals surface area contributed by atoms with E-state index in [2.05, 4.69) is 17.4 Å². The zero-order chi connectivity index (χ0) is 10.7. The van der Waals surface area contributed by atoms with Crippen LogP contribution in [0.2, 0.25) is 0 Å². The monoisotopic (exact) mass is 205 g/mol. The Morgan fingerprint density at radius 2 is 2.07 bits per heavy atom. The van der Waals surface area contributed by atoms with Gasteiger partial charge in [0, 0.05) is 6.04 Å². The van der Waals surface area contributed by atoms with Crippen LogP contribution in [0, 0.1) is 0 Å². The summed E-state index contributed by atoms with van der Waals surface area (Å²) in [6.45, 7) is 0. The largest absolute Gasteiger partial charge is 0.480 e. The lowest BCUT2D eigenvalue weighted by Gasteiger charge is -2.11. The fraction of sp³-hybridized carbons (Fsp3) is 0.417. The Morgan fingerprint density at radius 1 is 1.33 bits per heavy atom. The van der Waals surface area contributed by atoms with Gasteiger partial charge in [-0.1, -0.05) is 30.3 Å². The molecule has 0 aliphatic carbocycles. The third-order valence-corrected chi connectivity index (χ3v) is 2.86. The maximum Gasteiger partial charge on any atom is 0.320 e. The Kier molecular flexibility index (Phi) is 3.02. The molecule has 1 heterocycles. The molecule has 1 aliphatic heterocycles. The molecule has 0 bridgehead atoms. The van der Waals surface area contributed by atoms with Crippen molar-refractivity contribution in [3.8, 4) is 0 Å². The molecule has 0 spiro atoms. The van der Waals surface area contributed by atoms with E-state index in [-0.39, 0.29) is 6.04 Å². The summed E-state index contributed by atoms with van der Waals surface area (Å²) >= 11 is 0. The Morgan fingerprint density at radius 3 is 2.67 bits per heavy atom. The van der Waals surface area contributed by atoms with Crippen molar-refractivity contribution in [3.63, 3.8) is 0 Å². The molecular weight excluding hydrogens is 190 g/mol. The van der Waals surface area contributed by atoms with Gasteiger partial charge >= 0.3 is 5.97 Å². The molecule has 1 fully saturated rings. The predicted octanol–water partition coefficient (Wildman–Crippen LogP) is 1.43. The molecule has 1 unspecified atom stereocenters. The molecule has 3 nitrogen and oxygen atoms in total. The first-order chi connectivity index (χ1) is 7.25. The van der Waals surface area contributed by atoms with Gasteiger partial charge < -0.3 is 10.4 Å². The highest BCUT2D eigenvalue weighted by Gasteiger charge is 2.28. The third kappa shape index (κ3) is 2.57. The standard InChI is InChI=1S/C12H15NO2/c14-12(15)11-7-6-10(13-11)8-9-4-2-1-3-5-9/h1-5,10-11,13H,6-8H2,(H,14,15)/t10?,11-/m0/s1. The van der Waals surface area contributed by atoms with Crippen LogP contribution in [0.5, 0.6) is 0 Å². The van der Waals surface area contributed by atoms with Crippen LogP contribution in [0.15, 0.2) is 30.3 Å². The highest BCUT2D eigenvalue weighted by Crippen LogP contribution is 2.16. The SMILES string of the molecule is O=C(O)[C@@H]1CCC(Cc2ccccc2)N1. The van der Waals surface area contributed by atoms with Gasteiger partial charge in [0.1, 0.15) is 6.04 Å². The van der Waals surface area contributed by atoms with Crippen LogP contribution in [0.3, 0.4) is 0 Å². The van der Waals surface area contributed by atoms with Gasteiger partial charge in [-0.15, -0.1) is 0 Å². The first kappa shape index (κ1) is 10.2. The number of carboxylic acids is 1. The van der Waals surface area contributed by atoms with E-state index in [1.54, 1.807) is 0 Å². The zero-order valence-electron chi connectivity index (χ0n) is 8.52. The molecule has 0 saturated carbocycles. The van der Waals surface area contributed by atoms with E-state index in [0.717, 1.165) is 19.3 Å². The summed E-state index contributed by atoms with van der Waals surface area (Å²) in [5.74, 6) is -0.731. The lowest BCUT2D eigenvalue weighted by molar-refractivity contribution is -0.139. The molecule has 1 aromatic carbocycles. The molecule has 1 saturated heterocycles. The van der Waals surface area contributed by atoms with Crippen molar-refractivity contribution in [1.29, 1.82) is 0 Å². The Bertz CT molecular complexity index is 337. The van der Waals surface area contributed by atoms with Crippen LogP contribution in [-0.2, 0) is 11.2 Å². The molecule has 2 rings (SSSR count).